The number of likely N-dealkylation sites (N-methyl/N-ethyl adjacent to an activating group) is 1. The van der Waals surface area contributed by atoms with Gasteiger partial charge < -0.3 is 10.0 Å². The fourth-order valence-electron chi connectivity index (χ4n) is 2.68. The van der Waals surface area contributed by atoms with Gasteiger partial charge in [-0.25, -0.2) is 4.39 Å². The van der Waals surface area contributed by atoms with Crippen molar-refractivity contribution in [2.75, 3.05) is 13.6 Å². The fraction of sp³-hybridized carbons (Fsp3) is 0.600. The number of aliphatic hydroxyl groups is 1. The molecule has 0 radical (unpaired) electrons. The second-order valence-corrected chi connectivity index (χ2v) is 5.28. The molecule has 3 heteroatoms. The first-order chi connectivity index (χ1) is 8.66. The van der Waals surface area contributed by atoms with Crippen molar-refractivity contribution in [3.8, 4) is 0 Å². The van der Waals surface area contributed by atoms with Crippen LogP contribution in [-0.2, 0) is 6.42 Å². The van der Waals surface area contributed by atoms with E-state index in [-0.39, 0.29) is 11.9 Å². The third-order valence-corrected chi connectivity index (χ3v) is 3.98. The molecule has 0 aromatic heterocycles. The number of halogens is 1. The lowest BCUT2D eigenvalue weighted by molar-refractivity contribution is 0.0846. The number of hydrogen-bond acceptors (Lipinski definition) is 2. The van der Waals surface area contributed by atoms with Crippen molar-refractivity contribution >= 4 is 0 Å². The van der Waals surface area contributed by atoms with E-state index in [0.717, 1.165) is 44.2 Å². The normalized spacial score (nSPS) is 24.4. The molecular weight excluding hydrogens is 229 g/mol. The standard InChI is InChI=1S/C15H22FNO/c1-17(13-6-8-14(18)9-7-13)11-10-12-4-2-3-5-15(12)16/h2-5,13-14,18H,6-11H2,1H3. The second kappa shape index (κ2) is 6.30. The van der Waals surface area contributed by atoms with Crippen LogP contribution in [-0.4, -0.2) is 35.7 Å². The molecule has 18 heavy (non-hydrogen) atoms. The van der Waals surface area contributed by atoms with Gasteiger partial charge in [0.2, 0.25) is 0 Å². The van der Waals surface area contributed by atoms with E-state index < -0.39 is 0 Å². The summed E-state index contributed by atoms with van der Waals surface area (Å²) in [5.74, 6) is -0.107. The van der Waals surface area contributed by atoms with Crippen LogP contribution in [0.5, 0.6) is 0 Å². The molecule has 1 N–H and O–H groups in total. The molecule has 0 unspecified atom stereocenters. The van der Waals surface area contributed by atoms with Crippen LogP contribution in [0.3, 0.4) is 0 Å². The van der Waals surface area contributed by atoms with Crippen LogP contribution in [0.4, 0.5) is 4.39 Å². The van der Waals surface area contributed by atoms with Crippen molar-refractivity contribution in [2.24, 2.45) is 0 Å². The molecule has 0 heterocycles. The van der Waals surface area contributed by atoms with Crippen molar-refractivity contribution in [3.63, 3.8) is 0 Å². The summed E-state index contributed by atoms with van der Waals surface area (Å²) in [6.07, 6.45) is 4.54. The molecule has 1 aromatic carbocycles. The Morgan fingerprint density at radius 2 is 1.89 bits per heavy atom. The van der Waals surface area contributed by atoms with E-state index in [4.69, 9.17) is 0 Å². The summed E-state index contributed by atoms with van der Waals surface area (Å²) in [5, 5.41) is 9.48. The Morgan fingerprint density at radius 1 is 1.22 bits per heavy atom. The highest BCUT2D eigenvalue weighted by molar-refractivity contribution is 5.17. The summed E-state index contributed by atoms with van der Waals surface area (Å²) in [5.41, 5.74) is 0.792. The van der Waals surface area contributed by atoms with Crippen molar-refractivity contribution < 1.29 is 9.50 Å². The molecule has 0 bridgehead atoms. The third-order valence-electron chi connectivity index (χ3n) is 3.98. The van der Waals surface area contributed by atoms with Gasteiger partial charge in [0, 0.05) is 12.6 Å². The van der Waals surface area contributed by atoms with E-state index in [2.05, 4.69) is 11.9 Å². The lowest BCUT2D eigenvalue weighted by atomic mass is 9.92. The predicted molar refractivity (Wildman–Crippen MR) is 71.0 cm³/mol. The predicted octanol–water partition coefficient (Wildman–Crippen LogP) is 2.60. The summed E-state index contributed by atoms with van der Waals surface area (Å²) in [6, 6.07) is 7.53. The number of aliphatic hydroxyl groups excluding tert-OH is 1. The van der Waals surface area contributed by atoms with Crippen LogP contribution in [0.15, 0.2) is 24.3 Å². The number of hydrogen-bond donors (Lipinski definition) is 1. The molecule has 1 fully saturated rings. The van der Waals surface area contributed by atoms with Gasteiger partial charge in [0.15, 0.2) is 0 Å². The minimum Gasteiger partial charge on any atom is -0.393 e. The van der Waals surface area contributed by atoms with E-state index in [0.29, 0.717) is 6.04 Å². The monoisotopic (exact) mass is 251 g/mol. The summed E-state index contributed by atoms with van der Waals surface area (Å²) in [6.45, 7) is 0.877. The van der Waals surface area contributed by atoms with Crippen molar-refractivity contribution in [1.29, 1.82) is 0 Å². The molecule has 0 spiro atoms. The van der Waals surface area contributed by atoms with E-state index >= 15 is 0 Å². The SMILES string of the molecule is CN(CCc1ccccc1F)C1CCC(O)CC1. The first-order valence-corrected chi connectivity index (χ1v) is 6.78. The lowest BCUT2D eigenvalue weighted by Gasteiger charge is -2.33. The van der Waals surface area contributed by atoms with Crippen LogP contribution in [0.2, 0.25) is 0 Å². The topological polar surface area (TPSA) is 23.5 Å². The molecule has 1 aliphatic carbocycles. The Balaban J connectivity index is 1.81. The molecule has 1 saturated carbocycles. The Labute approximate surface area is 108 Å². The Bertz CT molecular complexity index is 375. The van der Waals surface area contributed by atoms with Gasteiger partial charge in [-0.05, 0) is 50.8 Å². The van der Waals surface area contributed by atoms with Crippen LogP contribution in [0, 0.1) is 5.82 Å². The highest BCUT2D eigenvalue weighted by atomic mass is 19.1. The summed E-state index contributed by atoms with van der Waals surface area (Å²) in [4.78, 5) is 2.30. The fourth-order valence-corrected chi connectivity index (χ4v) is 2.68. The average molecular weight is 251 g/mol. The van der Waals surface area contributed by atoms with Gasteiger partial charge in [-0.1, -0.05) is 18.2 Å². The van der Waals surface area contributed by atoms with Gasteiger partial charge in [-0.3, -0.25) is 0 Å². The first kappa shape index (κ1) is 13.5. The van der Waals surface area contributed by atoms with Crippen LogP contribution in [0.1, 0.15) is 31.2 Å². The highest BCUT2D eigenvalue weighted by Crippen LogP contribution is 2.22. The maximum Gasteiger partial charge on any atom is 0.126 e. The van der Waals surface area contributed by atoms with Crippen LogP contribution < -0.4 is 0 Å². The van der Waals surface area contributed by atoms with E-state index in [1.807, 2.05) is 12.1 Å². The summed E-state index contributed by atoms with van der Waals surface area (Å²) in [7, 11) is 2.10. The van der Waals surface area contributed by atoms with E-state index in [1.54, 1.807) is 6.07 Å². The number of nitrogens with zero attached hydrogens (tertiary/aromatic N) is 1. The van der Waals surface area contributed by atoms with Crippen molar-refractivity contribution in [3.05, 3.63) is 35.6 Å². The Kier molecular flexibility index (Phi) is 4.72. The average Bonchev–Trinajstić information content (AvgIpc) is 2.38. The summed E-state index contributed by atoms with van der Waals surface area (Å²) < 4.78 is 13.5. The maximum absolute atomic E-state index is 13.5. The molecule has 2 nitrogen and oxygen atoms in total. The quantitative estimate of drug-likeness (QED) is 0.889. The summed E-state index contributed by atoms with van der Waals surface area (Å²) >= 11 is 0. The molecule has 0 aliphatic heterocycles. The van der Waals surface area contributed by atoms with Gasteiger partial charge in [0.1, 0.15) is 5.82 Å². The van der Waals surface area contributed by atoms with Gasteiger partial charge >= 0.3 is 0 Å². The Morgan fingerprint density at radius 3 is 2.56 bits per heavy atom. The molecule has 1 aliphatic rings. The lowest BCUT2D eigenvalue weighted by Crippen LogP contribution is -2.37. The zero-order chi connectivity index (χ0) is 13.0. The number of benzene rings is 1. The molecule has 2 rings (SSSR count). The smallest absolute Gasteiger partial charge is 0.126 e. The Hall–Kier alpha value is -0.930. The highest BCUT2D eigenvalue weighted by Gasteiger charge is 2.22. The number of rotatable bonds is 4. The first-order valence-electron chi connectivity index (χ1n) is 6.78. The molecule has 0 saturated heterocycles. The van der Waals surface area contributed by atoms with Gasteiger partial charge in [0.25, 0.3) is 0 Å². The zero-order valence-corrected chi connectivity index (χ0v) is 11.0. The van der Waals surface area contributed by atoms with E-state index in [1.165, 1.54) is 6.07 Å². The molecule has 0 atom stereocenters. The van der Waals surface area contributed by atoms with Crippen molar-refractivity contribution in [2.45, 2.75) is 44.2 Å². The van der Waals surface area contributed by atoms with Gasteiger partial charge in [0.05, 0.1) is 6.10 Å². The minimum atomic E-state index is -0.110. The molecule has 100 valence electrons. The maximum atomic E-state index is 13.5. The zero-order valence-electron chi connectivity index (χ0n) is 11.0. The van der Waals surface area contributed by atoms with E-state index in [9.17, 15) is 9.50 Å². The van der Waals surface area contributed by atoms with Crippen molar-refractivity contribution in [1.82, 2.24) is 4.90 Å². The molecule has 1 aromatic rings. The van der Waals surface area contributed by atoms with Crippen LogP contribution in [0.25, 0.3) is 0 Å². The van der Waals surface area contributed by atoms with Gasteiger partial charge in [-0.2, -0.15) is 0 Å². The van der Waals surface area contributed by atoms with Crippen LogP contribution >= 0.6 is 0 Å². The van der Waals surface area contributed by atoms with Gasteiger partial charge in [-0.15, -0.1) is 0 Å². The minimum absolute atomic E-state index is 0.107. The second-order valence-electron chi connectivity index (χ2n) is 5.28. The third kappa shape index (κ3) is 3.53. The molecule has 0 amide bonds. The molecular formula is C15H22FNO. The largest absolute Gasteiger partial charge is 0.393 e.